The standard InChI is InChI=1S/C20H19N3O.C7H16O/c1-2-12-3-5-18-14(7-12)9-16(20(24)23-18)19-10-15-8-13(11-21)4-6-17(15)22-19;1-6(2,3)7(4,5)8/h3-10,22H,2,11,21H2,1H3,(H,23,24);8H,1-5H3. The molecule has 0 saturated heterocycles. The topological polar surface area (TPSA) is 94.9 Å². The summed E-state index contributed by atoms with van der Waals surface area (Å²) in [5.41, 5.74) is 10.7. The van der Waals surface area contributed by atoms with Crippen molar-refractivity contribution in [2.75, 3.05) is 0 Å². The van der Waals surface area contributed by atoms with Crippen LogP contribution in [0.5, 0.6) is 0 Å². The average molecular weight is 434 g/mol. The summed E-state index contributed by atoms with van der Waals surface area (Å²) < 4.78 is 0. The van der Waals surface area contributed by atoms with Crippen molar-refractivity contribution in [3.8, 4) is 11.3 Å². The van der Waals surface area contributed by atoms with Crippen LogP contribution in [0.4, 0.5) is 0 Å². The van der Waals surface area contributed by atoms with Gasteiger partial charge in [-0.05, 0) is 78.6 Å². The Hall–Kier alpha value is -2.89. The minimum atomic E-state index is -0.562. The fraction of sp³-hybridized carbons (Fsp3) is 0.370. The number of aromatic nitrogens is 2. The summed E-state index contributed by atoms with van der Waals surface area (Å²) in [5, 5.41) is 11.5. The predicted molar refractivity (Wildman–Crippen MR) is 135 cm³/mol. The highest BCUT2D eigenvalue weighted by Gasteiger charge is 2.29. The summed E-state index contributed by atoms with van der Waals surface area (Å²) in [5.74, 6) is 0. The summed E-state index contributed by atoms with van der Waals surface area (Å²) in [6.45, 7) is 12.3. The number of pyridine rings is 1. The number of nitrogens with two attached hydrogens (primary N) is 1. The maximum Gasteiger partial charge on any atom is 0.257 e. The number of aryl methyl sites for hydroxylation is 1. The monoisotopic (exact) mass is 433 g/mol. The van der Waals surface area contributed by atoms with Gasteiger partial charge < -0.3 is 20.8 Å². The number of aliphatic hydroxyl groups is 1. The van der Waals surface area contributed by atoms with E-state index in [1.54, 1.807) is 0 Å². The Morgan fingerprint density at radius 2 is 1.38 bits per heavy atom. The van der Waals surface area contributed by atoms with Crippen LogP contribution < -0.4 is 11.3 Å². The first kappa shape index (κ1) is 23.8. The molecule has 0 atom stereocenters. The van der Waals surface area contributed by atoms with Gasteiger partial charge in [-0.25, -0.2) is 0 Å². The molecule has 0 spiro atoms. The first-order valence-electron chi connectivity index (χ1n) is 11.1. The van der Waals surface area contributed by atoms with Crippen molar-refractivity contribution in [3.63, 3.8) is 0 Å². The molecule has 4 rings (SSSR count). The molecule has 0 fully saturated rings. The molecule has 5 nitrogen and oxygen atoms in total. The van der Waals surface area contributed by atoms with Crippen LogP contribution >= 0.6 is 0 Å². The van der Waals surface area contributed by atoms with Crippen LogP contribution in [-0.2, 0) is 13.0 Å². The number of hydrogen-bond acceptors (Lipinski definition) is 3. The van der Waals surface area contributed by atoms with Crippen molar-refractivity contribution in [2.24, 2.45) is 11.1 Å². The first-order chi connectivity index (χ1) is 14.9. The highest BCUT2D eigenvalue weighted by Crippen LogP contribution is 2.28. The summed E-state index contributed by atoms with van der Waals surface area (Å²) in [4.78, 5) is 18.8. The van der Waals surface area contributed by atoms with Crippen molar-refractivity contribution >= 4 is 21.8 Å². The van der Waals surface area contributed by atoms with Crippen LogP contribution in [0.2, 0.25) is 0 Å². The second-order valence-corrected chi connectivity index (χ2v) is 9.91. The molecule has 0 unspecified atom stereocenters. The van der Waals surface area contributed by atoms with E-state index in [1.165, 1.54) is 5.56 Å². The summed E-state index contributed by atoms with van der Waals surface area (Å²) >= 11 is 0. The molecule has 0 amide bonds. The minimum absolute atomic E-state index is 0.00694. The molecule has 2 heterocycles. The van der Waals surface area contributed by atoms with Gasteiger partial charge in [0, 0.05) is 23.0 Å². The fourth-order valence-corrected chi connectivity index (χ4v) is 3.13. The molecule has 0 saturated carbocycles. The minimum Gasteiger partial charge on any atom is -0.390 e. The molecule has 0 radical (unpaired) electrons. The lowest BCUT2D eigenvalue weighted by molar-refractivity contribution is -0.0238. The van der Waals surface area contributed by atoms with E-state index < -0.39 is 5.60 Å². The third-order valence-electron chi connectivity index (χ3n) is 6.36. The molecule has 2 aromatic heterocycles. The second kappa shape index (κ2) is 8.93. The van der Waals surface area contributed by atoms with E-state index in [-0.39, 0.29) is 11.0 Å². The number of hydrogen-bond donors (Lipinski definition) is 4. The Balaban J connectivity index is 0.000000312. The molecule has 2 aromatic carbocycles. The van der Waals surface area contributed by atoms with Crippen LogP contribution in [0.15, 0.2) is 53.3 Å². The summed E-state index contributed by atoms with van der Waals surface area (Å²) in [7, 11) is 0. The number of nitrogens with one attached hydrogen (secondary N) is 2. The molecular formula is C27H35N3O2. The van der Waals surface area contributed by atoms with Gasteiger partial charge in [0.15, 0.2) is 0 Å². The van der Waals surface area contributed by atoms with Gasteiger partial charge in [0.1, 0.15) is 0 Å². The molecule has 0 bridgehead atoms. The summed E-state index contributed by atoms with van der Waals surface area (Å²) in [6, 6.07) is 16.2. The summed E-state index contributed by atoms with van der Waals surface area (Å²) in [6.07, 6.45) is 0.971. The Morgan fingerprint density at radius 3 is 1.94 bits per heavy atom. The third-order valence-corrected chi connectivity index (χ3v) is 6.36. The Labute approximate surface area is 189 Å². The van der Waals surface area contributed by atoms with E-state index >= 15 is 0 Å². The van der Waals surface area contributed by atoms with E-state index in [4.69, 9.17) is 5.73 Å². The quantitative estimate of drug-likeness (QED) is 0.343. The van der Waals surface area contributed by atoms with Crippen LogP contribution in [0.25, 0.3) is 33.1 Å². The van der Waals surface area contributed by atoms with Gasteiger partial charge in [-0.1, -0.05) is 39.8 Å². The molecule has 170 valence electrons. The van der Waals surface area contributed by atoms with Gasteiger partial charge in [-0.3, -0.25) is 4.79 Å². The SMILES string of the molecule is CC(C)(C)C(C)(C)O.CCc1ccc2[nH]c(=O)c(-c3cc4cc(CN)ccc4[nH]3)cc2c1. The zero-order valence-corrected chi connectivity index (χ0v) is 20.0. The Kier molecular flexibility index (Phi) is 6.63. The third kappa shape index (κ3) is 5.12. The zero-order valence-electron chi connectivity index (χ0n) is 20.0. The normalized spacial score (nSPS) is 12.1. The molecule has 4 aromatic rings. The van der Waals surface area contributed by atoms with Gasteiger partial charge in [-0.2, -0.15) is 0 Å². The highest BCUT2D eigenvalue weighted by atomic mass is 16.3. The predicted octanol–water partition coefficient (Wildman–Crippen LogP) is 5.50. The Morgan fingerprint density at radius 1 is 0.844 bits per heavy atom. The van der Waals surface area contributed by atoms with Gasteiger partial charge in [0.2, 0.25) is 0 Å². The lowest BCUT2D eigenvalue weighted by atomic mass is 9.79. The van der Waals surface area contributed by atoms with E-state index in [9.17, 15) is 9.90 Å². The number of benzene rings is 2. The van der Waals surface area contributed by atoms with Crippen molar-refractivity contribution in [3.05, 3.63) is 70.0 Å². The van der Waals surface area contributed by atoms with Gasteiger partial charge in [0.05, 0.1) is 16.9 Å². The molecule has 0 aliphatic rings. The van der Waals surface area contributed by atoms with Crippen molar-refractivity contribution in [1.29, 1.82) is 0 Å². The second-order valence-electron chi connectivity index (χ2n) is 9.91. The molecule has 0 aliphatic heterocycles. The van der Waals surface area contributed by atoms with Crippen LogP contribution in [0.1, 0.15) is 52.7 Å². The van der Waals surface area contributed by atoms with Gasteiger partial charge >= 0.3 is 0 Å². The number of fused-ring (bicyclic) bond motifs is 2. The molecular weight excluding hydrogens is 398 g/mol. The van der Waals surface area contributed by atoms with Crippen LogP contribution in [0, 0.1) is 5.41 Å². The number of rotatable bonds is 3. The molecule has 5 N–H and O–H groups in total. The Bertz CT molecular complexity index is 1270. The highest BCUT2D eigenvalue weighted by molar-refractivity contribution is 5.89. The van der Waals surface area contributed by atoms with Gasteiger partial charge in [0.25, 0.3) is 5.56 Å². The lowest BCUT2D eigenvalue weighted by Gasteiger charge is -2.33. The molecule has 0 aliphatic carbocycles. The lowest BCUT2D eigenvalue weighted by Crippen LogP contribution is -2.35. The fourth-order valence-electron chi connectivity index (χ4n) is 3.13. The smallest absolute Gasteiger partial charge is 0.257 e. The van der Waals surface area contributed by atoms with Crippen molar-refractivity contribution in [2.45, 2.75) is 60.1 Å². The van der Waals surface area contributed by atoms with E-state index in [2.05, 4.69) is 35.1 Å². The van der Waals surface area contributed by atoms with Crippen LogP contribution in [-0.4, -0.2) is 20.7 Å². The molecule has 32 heavy (non-hydrogen) atoms. The van der Waals surface area contributed by atoms with Gasteiger partial charge in [-0.15, -0.1) is 0 Å². The molecule has 5 heteroatoms. The van der Waals surface area contributed by atoms with Crippen LogP contribution in [0.3, 0.4) is 0 Å². The van der Waals surface area contributed by atoms with E-state index in [0.29, 0.717) is 12.1 Å². The number of H-pyrrole nitrogens is 2. The maximum absolute atomic E-state index is 12.5. The average Bonchev–Trinajstić information content (AvgIpc) is 3.14. The van der Waals surface area contributed by atoms with E-state index in [1.807, 2.05) is 65.0 Å². The maximum atomic E-state index is 12.5. The first-order valence-corrected chi connectivity index (χ1v) is 11.1. The van der Waals surface area contributed by atoms with Crippen molar-refractivity contribution in [1.82, 2.24) is 9.97 Å². The van der Waals surface area contributed by atoms with Crippen molar-refractivity contribution < 1.29 is 5.11 Å². The number of aromatic amines is 2. The zero-order chi connectivity index (χ0) is 23.7. The van der Waals surface area contributed by atoms with E-state index in [0.717, 1.165) is 39.5 Å². The largest absolute Gasteiger partial charge is 0.390 e.